The third-order valence-electron chi connectivity index (χ3n) is 4.41. The Morgan fingerprint density at radius 3 is 2.38 bits per heavy atom. The summed E-state index contributed by atoms with van der Waals surface area (Å²) in [6.07, 6.45) is 4.42. The van der Waals surface area contributed by atoms with Crippen molar-refractivity contribution in [2.24, 2.45) is 0 Å². The summed E-state index contributed by atoms with van der Waals surface area (Å²) >= 11 is 0. The molecule has 3 heterocycles. The lowest BCUT2D eigenvalue weighted by atomic mass is 10.1. The first-order valence-electron chi connectivity index (χ1n) is 7.31. The smallest absolute Gasteiger partial charge is 0.257 e. The fraction of sp³-hybridized carbons (Fsp3) is 0.643. The van der Waals surface area contributed by atoms with Crippen LogP contribution in [0.25, 0.3) is 0 Å². The van der Waals surface area contributed by atoms with Crippen LogP contribution in [0.3, 0.4) is 0 Å². The summed E-state index contributed by atoms with van der Waals surface area (Å²) in [4.78, 5) is 16.4. The molecule has 0 aliphatic carbocycles. The molecule has 2 aliphatic rings. The summed E-state index contributed by atoms with van der Waals surface area (Å²) in [5.41, 5.74) is 0.590. The van der Waals surface area contributed by atoms with Gasteiger partial charge < -0.3 is 9.32 Å². The molecule has 2 saturated heterocycles. The molecular formula is C14H20N2O4S. The molecule has 7 heteroatoms. The van der Waals surface area contributed by atoms with Crippen molar-refractivity contribution >= 4 is 15.7 Å². The lowest BCUT2D eigenvalue weighted by Crippen LogP contribution is -2.53. The van der Waals surface area contributed by atoms with Crippen LogP contribution in [0.5, 0.6) is 0 Å². The molecule has 1 aromatic rings. The minimum Gasteiger partial charge on any atom is -0.472 e. The second-order valence-corrected chi connectivity index (χ2v) is 8.03. The second-order valence-electron chi connectivity index (χ2n) is 5.72. The molecule has 0 spiro atoms. The van der Waals surface area contributed by atoms with Gasteiger partial charge in [-0.05, 0) is 18.9 Å². The Balaban J connectivity index is 1.53. The lowest BCUT2D eigenvalue weighted by Gasteiger charge is -2.40. The Morgan fingerprint density at radius 1 is 1.14 bits per heavy atom. The highest BCUT2D eigenvalue weighted by molar-refractivity contribution is 7.91. The fourth-order valence-corrected chi connectivity index (χ4v) is 4.57. The maximum Gasteiger partial charge on any atom is 0.257 e. The number of carbonyl (C=O) groups excluding carboxylic acids is 1. The minimum absolute atomic E-state index is 0.00891. The predicted molar refractivity (Wildman–Crippen MR) is 77.9 cm³/mol. The molecule has 0 unspecified atom stereocenters. The van der Waals surface area contributed by atoms with Gasteiger partial charge in [0.2, 0.25) is 0 Å². The summed E-state index contributed by atoms with van der Waals surface area (Å²) in [7, 11) is -2.81. The van der Waals surface area contributed by atoms with E-state index in [1.807, 2.05) is 4.90 Å². The molecule has 0 N–H and O–H groups in total. The number of hydrogen-bond acceptors (Lipinski definition) is 5. The lowest BCUT2D eigenvalue weighted by molar-refractivity contribution is 0.0557. The molecule has 1 aromatic heterocycles. The molecule has 0 bridgehead atoms. The Hall–Kier alpha value is -1.34. The van der Waals surface area contributed by atoms with E-state index >= 15 is 0 Å². The van der Waals surface area contributed by atoms with Gasteiger partial charge in [0.15, 0.2) is 0 Å². The molecule has 1 amide bonds. The van der Waals surface area contributed by atoms with Gasteiger partial charge in [0, 0.05) is 32.2 Å². The van der Waals surface area contributed by atoms with Crippen LogP contribution in [0.15, 0.2) is 23.0 Å². The standard InChI is InChI=1S/C14H20N2O4S/c17-14(12-1-8-20-11-12)16-6-4-15(5-7-16)13-2-9-21(18,19)10-3-13/h1,8,11,13H,2-7,9-10H2. The number of carbonyl (C=O) groups is 1. The fourth-order valence-electron chi connectivity index (χ4n) is 3.10. The molecular weight excluding hydrogens is 292 g/mol. The van der Waals surface area contributed by atoms with E-state index in [0.29, 0.717) is 36.2 Å². The van der Waals surface area contributed by atoms with E-state index in [1.54, 1.807) is 6.07 Å². The molecule has 0 radical (unpaired) electrons. The number of nitrogens with zero attached hydrogens (tertiary/aromatic N) is 2. The third kappa shape index (κ3) is 3.29. The first-order valence-corrected chi connectivity index (χ1v) is 9.13. The van der Waals surface area contributed by atoms with Gasteiger partial charge in [-0.2, -0.15) is 0 Å². The zero-order valence-electron chi connectivity index (χ0n) is 11.9. The van der Waals surface area contributed by atoms with Crippen molar-refractivity contribution < 1.29 is 17.6 Å². The van der Waals surface area contributed by atoms with E-state index in [0.717, 1.165) is 25.9 Å². The average molecular weight is 312 g/mol. The van der Waals surface area contributed by atoms with Crippen LogP contribution in [-0.2, 0) is 9.84 Å². The average Bonchev–Trinajstić information content (AvgIpc) is 3.01. The molecule has 0 saturated carbocycles. The van der Waals surface area contributed by atoms with E-state index in [1.165, 1.54) is 12.5 Å². The van der Waals surface area contributed by atoms with E-state index < -0.39 is 9.84 Å². The van der Waals surface area contributed by atoms with Gasteiger partial charge >= 0.3 is 0 Å². The normalized spacial score (nSPS) is 24.1. The van der Waals surface area contributed by atoms with Gasteiger partial charge in [0.05, 0.1) is 23.3 Å². The Bertz CT molecular complexity index is 575. The third-order valence-corrected chi connectivity index (χ3v) is 6.13. The minimum atomic E-state index is -2.81. The topological polar surface area (TPSA) is 70.8 Å². The number of rotatable bonds is 2. The van der Waals surface area contributed by atoms with Gasteiger partial charge in [-0.1, -0.05) is 0 Å². The van der Waals surface area contributed by atoms with Gasteiger partial charge in [-0.15, -0.1) is 0 Å². The second kappa shape index (κ2) is 5.81. The van der Waals surface area contributed by atoms with Gasteiger partial charge in [-0.3, -0.25) is 9.69 Å². The number of furan rings is 1. The molecule has 2 fully saturated rings. The van der Waals surface area contributed by atoms with Gasteiger partial charge in [0.25, 0.3) is 5.91 Å². The van der Waals surface area contributed by atoms with Crippen molar-refractivity contribution in [3.05, 3.63) is 24.2 Å². The number of sulfone groups is 1. The monoisotopic (exact) mass is 312 g/mol. The van der Waals surface area contributed by atoms with Crippen LogP contribution in [0.2, 0.25) is 0 Å². The van der Waals surface area contributed by atoms with Crippen LogP contribution < -0.4 is 0 Å². The van der Waals surface area contributed by atoms with Crippen LogP contribution in [0, 0.1) is 0 Å². The molecule has 21 heavy (non-hydrogen) atoms. The zero-order chi connectivity index (χ0) is 14.9. The van der Waals surface area contributed by atoms with Crippen molar-refractivity contribution in [2.45, 2.75) is 18.9 Å². The highest BCUT2D eigenvalue weighted by atomic mass is 32.2. The molecule has 116 valence electrons. The molecule has 0 aromatic carbocycles. The molecule has 6 nitrogen and oxygen atoms in total. The molecule has 2 aliphatic heterocycles. The number of hydrogen-bond donors (Lipinski definition) is 0. The van der Waals surface area contributed by atoms with Gasteiger partial charge in [0.1, 0.15) is 16.1 Å². The summed E-state index contributed by atoms with van der Waals surface area (Å²) in [5.74, 6) is 0.604. The van der Waals surface area contributed by atoms with Crippen molar-refractivity contribution in [3.63, 3.8) is 0 Å². The first-order chi connectivity index (χ1) is 10.1. The van der Waals surface area contributed by atoms with E-state index in [-0.39, 0.29) is 5.91 Å². The first kappa shape index (κ1) is 14.6. The predicted octanol–water partition coefficient (Wildman–Crippen LogP) is 0.615. The summed E-state index contributed by atoms with van der Waals surface area (Å²) in [5, 5.41) is 0. The molecule has 3 rings (SSSR count). The maximum atomic E-state index is 12.2. The summed E-state index contributed by atoms with van der Waals surface area (Å²) in [6, 6.07) is 2.03. The van der Waals surface area contributed by atoms with Crippen molar-refractivity contribution in [1.82, 2.24) is 9.80 Å². The SMILES string of the molecule is O=C(c1ccoc1)N1CCN(C2CCS(=O)(=O)CC2)CC1. The van der Waals surface area contributed by atoms with E-state index in [9.17, 15) is 13.2 Å². The summed E-state index contributed by atoms with van der Waals surface area (Å²) in [6.45, 7) is 3.00. The Morgan fingerprint density at radius 2 is 1.81 bits per heavy atom. The largest absolute Gasteiger partial charge is 0.472 e. The Labute approximate surface area is 124 Å². The van der Waals surface area contributed by atoms with Crippen molar-refractivity contribution in [2.75, 3.05) is 37.7 Å². The van der Waals surface area contributed by atoms with Crippen LogP contribution in [-0.4, -0.2) is 67.9 Å². The highest BCUT2D eigenvalue weighted by Crippen LogP contribution is 2.20. The van der Waals surface area contributed by atoms with E-state index in [4.69, 9.17) is 4.42 Å². The quantitative estimate of drug-likeness (QED) is 0.800. The zero-order valence-corrected chi connectivity index (χ0v) is 12.7. The van der Waals surface area contributed by atoms with Crippen LogP contribution in [0.1, 0.15) is 23.2 Å². The van der Waals surface area contributed by atoms with Gasteiger partial charge in [-0.25, -0.2) is 8.42 Å². The van der Waals surface area contributed by atoms with Crippen LogP contribution >= 0.6 is 0 Å². The number of amides is 1. The summed E-state index contributed by atoms with van der Waals surface area (Å²) < 4.78 is 27.9. The van der Waals surface area contributed by atoms with Crippen LogP contribution in [0.4, 0.5) is 0 Å². The van der Waals surface area contributed by atoms with Crippen molar-refractivity contribution in [3.8, 4) is 0 Å². The Kier molecular flexibility index (Phi) is 4.03. The molecule has 0 atom stereocenters. The number of piperazine rings is 1. The van der Waals surface area contributed by atoms with E-state index in [2.05, 4.69) is 4.90 Å². The van der Waals surface area contributed by atoms with Crippen molar-refractivity contribution in [1.29, 1.82) is 0 Å². The highest BCUT2D eigenvalue weighted by Gasteiger charge is 2.31. The maximum absolute atomic E-state index is 12.2.